The molecule has 0 fully saturated rings. The van der Waals surface area contributed by atoms with Crippen LogP contribution < -0.4 is 19.1 Å². The fraction of sp³-hybridized carbons (Fsp3) is 0.148. The van der Waals surface area contributed by atoms with Crippen molar-refractivity contribution in [2.45, 2.75) is 23.6 Å². The average molecular weight is 582 g/mol. The lowest BCUT2D eigenvalue weighted by molar-refractivity contribution is -0.114. The molecule has 4 aromatic rings. The summed E-state index contributed by atoms with van der Waals surface area (Å²) in [6, 6.07) is 21.2. The number of rotatable bonds is 11. The quantitative estimate of drug-likeness (QED) is 0.272. The number of aromatic nitrogens is 2. The van der Waals surface area contributed by atoms with E-state index in [9.17, 15) is 21.6 Å². The predicted molar refractivity (Wildman–Crippen MR) is 151 cm³/mol. The molecule has 0 aliphatic rings. The fourth-order valence-corrected chi connectivity index (χ4v) is 6.01. The van der Waals surface area contributed by atoms with Gasteiger partial charge in [-0.05, 0) is 80.6 Å². The first-order valence-corrected chi connectivity index (χ1v) is 15.0. The van der Waals surface area contributed by atoms with E-state index in [-0.39, 0.29) is 21.4 Å². The van der Waals surface area contributed by atoms with Gasteiger partial charge in [0, 0.05) is 17.6 Å². The van der Waals surface area contributed by atoms with Crippen LogP contribution in [0.25, 0.3) is 0 Å². The topological polar surface area (TPSA) is 148 Å². The molecular weight excluding hydrogens is 554 g/mol. The van der Waals surface area contributed by atoms with Crippen LogP contribution in [0.5, 0.6) is 5.75 Å². The molecule has 0 saturated heterocycles. The maximum atomic E-state index is 13.5. The number of amides is 1. The van der Waals surface area contributed by atoms with Gasteiger partial charge in [-0.1, -0.05) is 18.2 Å². The number of carbonyl (C=O) groups excluding carboxylic acids is 1. The van der Waals surface area contributed by atoms with Crippen LogP contribution in [0.4, 0.5) is 17.3 Å². The van der Waals surface area contributed by atoms with Crippen LogP contribution in [0.15, 0.2) is 101 Å². The molecule has 208 valence electrons. The summed E-state index contributed by atoms with van der Waals surface area (Å²) in [6.45, 7) is 3.45. The van der Waals surface area contributed by atoms with Gasteiger partial charge < -0.3 is 10.1 Å². The number of hydrogen-bond donors (Lipinski definition) is 2. The number of anilines is 3. The molecule has 1 amide bonds. The Labute approximate surface area is 233 Å². The van der Waals surface area contributed by atoms with Crippen molar-refractivity contribution in [1.82, 2.24) is 9.97 Å². The number of carbonyl (C=O) groups is 1. The summed E-state index contributed by atoms with van der Waals surface area (Å²) in [5.41, 5.74) is 1.18. The molecule has 0 aliphatic carbocycles. The molecular formula is C27H27N5O6S2. The maximum Gasteiger partial charge on any atom is 0.264 e. The lowest BCUT2D eigenvalue weighted by Gasteiger charge is -2.24. The highest BCUT2D eigenvalue weighted by Gasteiger charge is 2.27. The summed E-state index contributed by atoms with van der Waals surface area (Å²) >= 11 is 0. The number of nitrogens with zero attached hydrogens (tertiary/aromatic N) is 3. The van der Waals surface area contributed by atoms with Gasteiger partial charge in [0.25, 0.3) is 20.0 Å². The van der Waals surface area contributed by atoms with Gasteiger partial charge in [0.05, 0.1) is 22.1 Å². The Balaban J connectivity index is 1.51. The zero-order chi connectivity index (χ0) is 28.8. The highest BCUT2D eigenvalue weighted by molar-refractivity contribution is 7.93. The van der Waals surface area contributed by atoms with Crippen LogP contribution in [-0.2, 0) is 24.8 Å². The van der Waals surface area contributed by atoms with Gasteiger partial charge in [-0.15, -0.1) is 0 Å². The monoisotopic (exact) mass is 581 g/mol. The van der Waals surface area contributed by atoms with Crippen molar-refractivity contribution < 1.29 is 26.4 Å². The zero-order valence-electron chi connectivity index (χ0n) is 21.7. The summed E-state index contributed by atoms with van der Waals surface area (Å²) in [4.78, 5) is 20.8. The van der Waals surface area contributed by atoms with Crippen molar-refractivity contribution >= 4 is 43.3 Å². The number of aryl methyl sites for hydroxylation is 1. The highest BCUT2D eigenvalue weighted by atomic mass is 32.2. The molecule has 13 heteroatoms. The molecule has 11 nitrogen and oxygen atoms in total. The third kappa shape index (κ3) is 6.93. The molecule has 0 saturated carbocycles. The number of nitrogens with one attached hydrogen (secondary N) is 2. The van der Waals surface area contributed by atoms with E-state index in [0.717, 1.165) is 4.31 Å². The molecule has 3 aromatic carbocycles. The zero-order valence-corrected chi connectivity index (χ0v) is 23.3. The van der Waals surface area contributed by atoms with Gasteiger partial charge in [0.1, 0.15) is 12.3 Å². The lowest BCUT2D eigenvalue weighted by atomic mass is 10.3. The lowest BCUT2D eigenvalue weighted by Crippen LogP contribution is -2.38. The molecule has 4 rings (SSSR count). The molecule has 40 heavy (non-hydrogen) atoms. The minimum Gasteiger partial charge on any atom is -0.494 e. The fourth-order valence-electron chi connectivity index (χ4n) is 3.64. The van der Waals surface area contributed by atoms with E-state index < -0.39 is 32.5 Å². The van der Waals surface area contributed by atoms with E-state index in [1.807, 2.05) is 6.92 Å². The van der Waals surface area contributed by atoms with Crippen molar-refractivity contribution in [2.75, 3.05) is 27.5 Å². The van der Waals surface area contributed by atoms with Crippen molar-refractivity contribution in [3.8, 4) is 5.75 Å². The molecule has 0 radical (unpaired) electrons. The van der Waals surface area contributed by atoms with Gasteiger partial charge in [-0.3, -0.25) is 9.10 Å². The van der Waals surface area contributed by atoms with Crippen molar-refractivity contribution in [1.29, 1.82) is 0 Å². The molecule has 0 aliphatic heterocycles. The van der Waals surface area contributed by atoms with Crippen molar-refractivity contribution in [3.63, 3.8) is 0 Å². The second-order valence-electron chi connectivity index (χ2n) is 8.45. The summed E-state index contributed by atoms with van der Waals surface area (Å²) in [7, 11) is -8.09. The normalized spacial score (nSPS) is 11.4. The Morgan fingerprint density at radius 3 is 2.15 bits per heavy atom. The summed E-state index contributed by atoms with van der Waals surface area (Å²) in [6.07, 6.45) is 1.44. The molecule has 0 spiro atoms. The predicted octanol–water partition coefficient (Wildman–Crippen LogP) is 3.82. The Morgan fingerprint density at radius 1 is 0.875 bits per heavy atom. The number of para-hydroxylation sites is 1. The number of sulfonamides is 2. The van der Waals surface area contributed by atoms with Gasteiger partial charge in [-0.25, -0.2) is 31.5 Å². The van der Waals surface area contributed by atoms with E-state index in [1.54, 1.807) is 55.5 Å². The van der Waals surface area contributed by atoms with E-state index in [0.29, 0.717) is 23.7 Å². The van der Waals surface area contributed by atoms with E-state index in [4.69, 9.17) is 4.74 Å². The van der Waals surface area contributed by atoms with E-state index in [1.165, 1.54) is 42.6 Å². The van der Waals surface area contributed by atoms with Crippen molar-refractivity contribution in [2.24, 2.45) is 0 Å². The second kappa shape index (κ2) is 12.1. The third-order valence-electron chi connectivity index (χ3n) is 5.52. The van der Waals surface area contributed by atoms with Crippen molar-refractivity contribution in [3.05, 3.63) is 96.8 Å². The summed E-state index contributed by atoms with van der Waals surface area (Å²) in [5.74, 6) is -0.162. The first kappa shape index (κ1) is 28.5. The molecule has 0 atom stereocenters. The Morgan fingerprint density at radius 2 is 1.52 bits per heavy atom. The average Bonchev–Trinajstić information content (AvgIpc) is 2.93. The SMILES string of the molecule is CCOc1ccc(S(=O)(=O)N(CC(=O)Nc2ccc(S(=O)(=O)Nc3nccc(C)n3)cc2)c2ccccc2)cc1. The standard InChI is InChI=1S/C27H27N5O6S2/c1-3-38-23-11-15-25(16-12-23)40(36,37)32(22-7-5-4-6-8-22)19-26(33)30-21-9-13-24(14-10-21)39(34,35)31-27-28-18-17-20(2)29-27/h4-18H,3,19H2,1-2H3,(H,30,33)(H,28,29,31). The molecule has 1 heterocycles. The van der Waals surface area contributed by atoms with Gasteiger partial charge in [0.2, 0.25) is 11.9 Å². The van der Waals surface area contributed by atoms with Crippen LogP contribution in [0, 0.1) is 6.92 Å². The van der Waals surface area contributed by atoms with Crippen LogP contribution >= 0.6 is 0 Å². The summed E-state index contributed by atoms with van der Waals surface area (Å²) in [5, 5.41) is 2.62. The number of hydrogen-bond acceptors (Lipinski definition) is 8. The minimum absolute atomic E-state index is 0.00717. The van der Waals surface area contributed by atoms with E-state index in [2.05, 4.69) is 20.0 Å². The maximum absolute atomic E-state index is 13.5. The Bertz CT molecular complexity index is 1680. The smallest absolute Gasteiger partial charge is 0.264 e. The van der Waals surface area contributed by atoms with Crippen LogP contribution in [0.3, 0.4) is 0 Å². The third-order valence-corrected chi connectivity index (χ3v) is 8.66. The molecule has 0 bridgehead atoms. The molecule has 2 N–H and O–H groups in total. The highest BCUT2D eigenvalue weighted by Crippen LogP contribution is 2.25. The van der Waals surface area contributed by atoms with Crippen LogP contribution in [-0.4, -0.2) is 45.9 Å². The Hall–Kier alpha value is -4.49. The van der Waals surface area contributed by atoms with E-state index >= 15 is 0 Å². The Kier molecular flexibility index (Phi) is 8.65. The second-order valence-corrected chi connectivity index (χ2v) is 12.0. The first-order chi connectivity index (χ1) is 19.1. The first-order valence-electron chi connectivity index (χ1n) is 12.1. The van der Waals surface area contributed by atoms with Crippen LogP contribution in [0.2, 0.25) is 0 Å². The van der Waals surface area contributed by atoms with Gasteiger partial charge >= 0.3 is 0 Å². The van der Waals surface area contributed by atoms with Gasteiger partial charge in [0.15, 0.2) is 0 Å². The summed E-state index contributed by atoms with van der Waals surface area (Å²) < 4.78 is 61.2. The van der Waals surface area contributed by atoms with Gasteiger partial charge in [-0.2, -0.15) is 0 Å². The number of benzene rings is 3. The number of ether oxygens (including phenoxy) is 1. The van der Waals surface area contributed by atoms with Crippen LogP contribution in [0.1, 0.15) is 12.6 Å². The molecule has 1 aromatic heterocycles. The molecule has 0 unspecified atom stereocenters. The largest absolute Gasteiger partial charge is 0.494 e. The minimum atomic E-state index is -4.11.